The minimum atomic E-state index is -3.86. The fraction of sp³-hybridized carbons (Fsp3) is 0.348. The maximum Gasteiger partial charge on any atom is 0.285 e. The fourth-order valence-electron chi connectivity index (χ4n) is 4.01. The number of phenols is 1. The summed E-state index contributed by atoms with van der Waals surface area (Å²) in [7, 11) is -3.86. The normalized spacial score (nSPS) is 17.5. The van der Waals surface area contributed by atoms with E-state index in [9.17, 15) is 18.3 Å². The van der Waals surface area contributed by atoms with Crippen molar-refractivity contribution in [3.05, 3.63) is 58.6 Å². The predicted molar refractivity (Wildman–Crippen MR) is 127 cm³/mol. The van der Waals surface area contributed by atoms with Gasteiger partial charge in [0.2, 0.25) is 5.91 Å². The zero-order valence-electron chi connectivity index (χ0n) is 17.9. The predicted octanol–water partition coefficient (Wildman–Crippen LogP) is 3.67. The number of rotatable bonds is 6. The third-order valence-corrected chi connectivity index (χ3v) is 7.26. The Balaban J connectivity index is 1.58. The minimum Gasteiger partial charge on any atom is -0.507 e. The van der Waals surface area contributed by atoms with Gasteiger partial charge in [-0.1, -0.05) is 43.0 Å². The topological polar surface area (TPSA) is 111 Å². The molecular weight excluding hydrogens is 464 g/mol. The summed E-state index contributed by atoms with van der Waals surface area (Å²) in [6, 6.07) is 11.2. The number of hydrazone groups is 1. The number of benzene rings is 2. The molecule has 10 heteroatoms. The molecule has 1 fully saturated rings. The Hall–Kier alpha value is -2.91. The van der Waals surface area contributed by atoms with Crippen LogP contribution in [0.25, 0.3) is 0 Å². The summed E-state index contributed by atoms with van der Waals surface area (Å²) in [5.41, 5.74) is 0.770. The van der Waals surface area contributed by atoms with Gasteiger partial charge in [-0.3, -0.25) is 4.79 Å². The number of carbonyl (C=O) groups is 1. The van der Waals surface area contributed by atoms with Gasteiger partial charge in [0.15, 0.2) is 5.84 Å². The average molecular weight is 489 g/mol. The quantitative estimate of drug-likeness (QED) is 0.476. The summed E-state index contributed by atoms with van der Waals surface area (Å²) in [6.07, 6.45) is 6.83. The number of hydrogen-bond donors (Lipinski definition) is 2. The van der Waals surface area contributed by atoms with Crippen molar-refractivity contribution in [2.24, 2.45) is 9.50 Å². The first-order valence-corrected chi connectivity index (χ1v) is 12.7. The van der Waals surface area contributed by atoms with E-state index in [1.54, 1.807) is 24.3 Å². The third kappa shape index (κ3) is 5.54. The number of halogens is 1. The molecule has 1 aliphatic heterocycles. The first-order valence-electron chi connectivity index (χ1n) is 10.9. The van der Waals surface area contributed by atoms with Crippen molar-refractivity contribution in [2.45, 2.75) is 49.5 Å². The molecule has 0 unspecified atom stereocenters. The highest BCUT2D eigenvalue weighted by molar-refractivity contribution is 7.90. The second kappa shape index (κ2) is 9.93. The molecule has 4 rings (SSSR count). The van der Waals surface area contributed by atoms with Crippen LogP contribution < -0.4 is 5.32 Å². The van der Waals surface area contributed by atoms with Crippen molar-refractivity contribution in [1.82, 2.24) is 10.3 Å². The molecule has 2 aromatic carbocycles. The molecule has 33 heavy (non-hydrogen) atoms. The number of sulfonamides is 1. The highest BCUT2D eigenvalue weighted by atomic mass is 35.5. The largest absolute Gasteiger partial charge is 0.507 e. The third-order valence-electron chi connectivity index (χ3n) is 5.70. The Morgan fingerprint density at radius 3 is 2.76 bits per heavy atom. The number of fused-ring (bicyclic) bond motifs is 1. The molecule has 2 aliphatic rings. The highest BCUT2D eigenvalue weighted by Gasteiger charge is 2.32. The van der Waals surface area contributed by atoms with Crippen molar-refractivity contribution in [2.75, 3.05) is 6.54 Å². The van der Waals surface area contributed by atoms with Gasteiger partial charge in [-0.15, -0.1) is 4.40 Å². The van der Waals surface area contributed by atoms with E-state index in [0.29, 0.717) is 16.1 Å². The lowest BCUT2D eigenvalue weighted by Crippen LogP contribution is -2.38. The molecule has 174 valence electrons. The molecule has 1 saturated carbocycles. The number of aromatic hydroxyl groups is 1. The zero-order chi connectivity index (χ0) is 23.4. The summed E-state index contributed by atoms with van der Waals surface area (Å²) >= 11 is 6.02. The number of amidine groups is 1. The van der Waals surface area contributed by atoms with Crippen LogP contribution in [0.1, 0.15) is 49.7 Å². The Labute approximate surface area is 198 Å². The lowest BCUT2D eigenvalue weighted by atomic mass is 9.95. The Morgan fingerprint density at radius 2 is 1.97 bits per heavy atom. The molecule has 8 nitrogen and oxygen atoms in total. The highest BCUT2D eigenvalue weighted by Crippen LogP contribution is 2.28. The second-order valence-corrected chi connectivity index (χ2v) is 10.1. The van der Waals surface area contributed by atoms with Crippen LogP contribution in [0.4, 0.5) is 0 Å². The van der Waals surface area contributed by atoms with Crippen LogP contribution in [0.15, 0.2) is 56.9 Å². The molecule has 1 heterocycles. The molecule has 1 aliphatic carbocycles. The molecule has 2 N–H and O–H groups in total. The molecule has 1 amide bonds. The Morgan fingerprint density at radius 1 is 1.21 bits per heavy atom. The van der Waals surface area contributed by atoms with Gasteiger partial charge < -0.3 is 10.4 Å². The molecular formula is C23H25ClN4O4S. The molecule has 0 saturated heterocycles. The van der Waals surface area contributed by atoms with Crippen molar-refractivity contribution in [1.29, 1.82) is 0 Å². The van der Waals surface area contributed by atoms with Crippen LogP contribution in [0.5, 0.6) is 5.75 Å². The van der Waals surface area contributed by atoms with Gasteiger partial charge >= 0.3 is 0 Å². The van der Waals surface area contributed by atoms with Crippen molar-refractivity contribution < 1.29 is 18.3 Å². The Kier molecular flexibility index (Phi) is 6.99. The van der Waals surface area contributed by atoms with Gasteiger partial charge in [0.25, 0.3) is 10.0 Å². The molecule has 0 spiro atoms. The molecule has 0 atom stereocenters. The maximum absolute atomic E-state index is 12.6. The number of phenolic OH excluding ortho intramolecular Hbond substituents is 1. The summed E-state index contributed by atoms with van der Waals surface area (Å²) in [4.78, 5) is 12.7. The first kappa shape index (κ1) is 23.3. The standard InChI is InChI=1S/C23H25ClN4O4S/c24-17-10-11-20(29)16(14-17)15-25-28(13-12-22(30)26-18-6-2-1-3-7-18)23-19-8-4-5-9-21(19)33(31,32)27-23/h4-5,8-11,14-15,18,29H,1-3,6-7,12-13H2,(H,26,30)/b25-15-. The van der Waals surface area contributed by atoms with Gasteiger partial charge in [-0.25, -0.2) is 5.01 Å². The molecule has 0 radical (unpaired) electrons. The Bertz CT molecular complexity index is 1210. The molecule has 0 aromatic heterocycles. The van der Waals surface area contributed by atoms with E-state index in [1.807, 2.05) is 0 Å². The van der Waals surface area contributed by atoms with Gasteiger partial charge in [0, 0.05) is 28.6 Å². The van der Waals surface area contributed by atoms with E-state index in [1.165, 1.54) is 35.8 Å². The summed E-state index contributed by atoms with van der Waals surface area (Å²) in [5.74, 6) is -0.0178. The van der Waals surface area contributed by atoms with Crippen LogP contribution in [0.3, 0.4) is 0 Å². The number of nitrogens with one attached hydrogen (secondary N) is 1. The van der Waals surface area contributed by atoms with Crippen molar-refractivity contribution in [3.8, 4) is 5.75 Å². The number of hydrogen-bond acceptors (Lipinski definition) is 6. The number of amides is 1. The van der Waals surface area contributed by atoms with Gasteiger partial charge in [0.1, 0.15) is 10.6 Å². The van der Waals surface area contributed by atoms with E-state index in [2.05, 4.69) is 14.8 Å². The zero-order valence-corrected chi connectivity index (χ0v) is 19.5. The molecule has 2 aromatic rings. The summed E-state index contributed by atoms with van der Waals surface area (Å²) in [6.45, 7) is 0.110. The SMILES string of the molecule is O=C(CCN(/N=C\c1cc(Cl)ccc1O)C1=NS(=O)(=O)c2ccccc21)NC1CCCCC1. The van der Waals surface area contributed by atoms with E-state index in [4.69, 9.17) is 11.6 Å². The van der Waals surface area contributed by atoms with Crippen LogP contribution in [0.2, 0.25) is 5.02 Å². The first-order chi connectivity index (χ1) is 15.8. The van der Waals surface area contributed by atoms with Gasteiger partial charge in [0.05, 0.1) is 12.8 Å². The van der Waals surface area contributed by atoms with Crippen LogP contribution in [0, 0.1) is 0 Å². The van der Waals surface area contributed by atoms with Crippen LogP contribution in [-0.4, -0.2) is 49.1 Å². The minimum absolute atomic E-state index is 0.0282. The smallest absolute Gasteiger partial charge is 0.285 e. The average Bonchev–Trinajstić information content (AvgIpc) is 3.07. The van der Waals surface area contributed by atoms with Crippen LogP contribution >= 0.6 is 11.6 Å². The van der Waals surface area contributed by atoms with E-state index in [0.717, 1.165) is 25.7 Å². The van der Waals surface area contributed by atoms with E-state index < -0.39 is 10.0 Å². The van der Waals surface area contributed by atoms with Crippen LogP contribution in [-0.2, 0) is 14.8 Å². The number of carbonyl (C=O) groups excluding carboxylic acids is 1. The van der Waals surface area contributed by atoms with E-state index >= 15 is 0 Å². The lowest BCUT2D eigenvalue weighted by molar-refractivity contribution is -0.122. The fourth-order valence-corrected chi connectivity index (χ4v) is 5.39. The lowest BCUT2D eigenvalue weighted by Gasteiger charge is -2.24. The van der Waals surface area contributed by atoms with Crippen molar-refractivity contribution >= 4 is 39.6 Å². The second-order valence-electron chi connectivity index (χ2n) is 8.11. The summed E-state index contributed by atoms with van der Waals surface area (Å²) < 4.78 is 29.0. The van der Waals surface area contributed by atoms with Gasteiger partial charge in [-0.2, -0.15) is 13.5 Å². The number of nitrogens with zero attached hydrogens (tertiary/aromatic N) is 3. The van der Waals surface area contributed by atoms with E-state index in [-0.39, 0.29) is 41.4 Å². The maximum atomic E-state index is 12.6. The monoisotopic (exact) mass is 488 g/mol. The van der Waals surface area contributed by atoms with Gasteiger partial charge in [-0.05, 0) is 43.2 Å². The van der Waals surface area contributed by atoms with Crippen molar-refractivity contribution in [3.63, 3.8) is 0 Å². The molecule has 0 bridgehead atoms. The summed E-state index contributed by atoms with van der Waals surface area (Å²) in [5, 5.41) is 19.3.